The van der Waals surface area contributed by atoms with Crippen molar-refractivity contribution in [1.82, 2.24) is 19.1 Å². The number of likely N-dealkylation sites (N-methyl/N-ethyl adjacent to an activating group) is 1. The van der Waals surface area contributed by atoms with Crippen LogP contribution in [0.4, 0.5) is 5.00 Å². The zero-order chi connectivity index (χ0) is 14.7. The van der Waals surface area contributed by atoms with Crippen LogP contribution in [0.15, 0.2) is 12.4 Å². The van der Waals surface area contributed by atoms with Gasteiger partial charge in [0, 0.05) is 25.4 Å². The van der Waals surface area contributed by atoms with Gasteiger partial charge in [-0.1, -0.05) is 11.6 Å². The summed E-state index contributed by atoms with van der Waals surface area (Å²) in [6.07, 6.45) is 3.83. The normalized spacial score (nSPS) is 12.4. The lowest BCUT2D eigenvalue weighted by molar-refractivity contribution is 0.312. The van der Waals surface area contributed by atoms with Crippen molar-refractivity contribution in [2.75, 3.05) is 26.0 Å². The quantitative estimate of drug-likeness (QED) is 0.916. The van der Waals surface area contributed by atoms with Crippen LogP contribution in [0.1, 0.15) is 17.2 Å². The van der Waals surface area contributed by atoms with E-state index in [1.54, 1.807) is 4.68 Å². The van der Waals surface area contributed by atoms with Crippen LogP contribution in [-0.2, 0) is 7.05 Å². The molecule has 1 N–H and O–H groups in total. The van der Waals surface area contributed by atoms with Crippen molar-refractivity contribution in [3.63, 3.8) is 0 Å². The number of aromatic nitrogens is 3. The highest BCUT2D eigenvalue weighted by molar-refractivity contribution is 7.10. The number of hydrogen-bond donors (Lipinski definition) is 1. The summed E-state index contributed by atoms with van der Waals surface area (Å²) in [4.78, 5) is 2.10. The van der Waals surface area contributed by atoms with E-state index in [1.165, 1.54) is 11.5 Å². The van der Waals surface area contributed by atoms with Gasteiger partial charge in [0.2, 0.25) is 0 Å². The molecule has 1 unspecified atom stereocenters. The summed E-state index contributed by atoms with van der Waals surface area (Å²) < 4.78 is 5.75. The van der Waals surface area contributed by atoms with Crippen LogP contribution in [0.2, 0.25) is 5.15 Å². The molecule has 106 valence electrons. The van der Waals surface area contributed by atoms with Crippen LogP contribution >= 0.6 is 23.1 Å². The Hall–Kier alpha value is -1.62. The zero-order valence-corrected chi connectivity index (χ0v) is 13.0. The monoisotopic (exact) mass is 310 g/mol. The molecule has 0 aliphatic carbocycles. The number of nitrogens with zero attached hydrogens (tertiary/aromatic N) is 5. The average Bonchev–Trinajstić information content (AvgIpc) is 2.96. The predicted octanol–water partition coefficient (Wildman–Crippen LogP) is 2.12. The smallest absolute Gasteiger partial charge is 0.162 e. The predicted molar refractivity (Wildman–Crippen MR) is 80.0 cm³/mol. The SMILES string of the molecule is CN(C)C(CNc1snc(Cl)c1C#N)c1cnn(C)c1. The summed E-state index contributed by atoms with van der Waals surface area (Å²) >= 11 is 7.06. The van der Waals surface area contributed by atoms with Gasteiger partial charge in [0.05, 0.1) is 12.2 Å². The molecule has 2 aromatic heterocycles. The van der Waals surface area contributed by atoms with Gasteiger partial charge in [0.1, 0.15) is 16.6 Å². The molecule has 2 heterocycles. The third-order valence-corrected chi connectivity index (χ3v) is 4.13. The van der Waals surface area contributed by atoms with Crippen LogP contribution in [0.5, 0.6) is 0 Å². The number of anilines is 1. The van der Waals surface area contributed by atoms with Gasteiger partial charge in [0.15, 0.2) is 5.15 Å². The summed E-state index contributed by atoms with van der Waals surface area (Å²) in [7, 11) is 5.90. The fraction of sp³-hybridized carbons (Fsp3) is 0.417. The van der Waals surface area contributed by atoms with Gasteiger partial charge in [0.25, 0.3) is 0 Å². The summed E-state index contributed by atoms with van der Waals surface area (Å²) in [5.41, 5.74) is 1.51. The Labute approximate surface area is 126 Å². The minimum Gasteiger partial charge on any atom is -0.373 e. The van der Waals surface area contributed by atoms with Gasteiger partial charge >= 0.3 is 0 Å². The molecule has 20 heavy (non-hydrogen) atoms. The third-order valence-electron chi connectivity index (χ3n) is 2.95. The van der Waals surface area contributed by atoms with Gasteiger partial charge in [-0.2, -0.15) is 14.7 Å². The first-order valence-corrected chi connectivity index (χ1v) is 7.12. The second kappa shape index (κ2) is 6.22. The molecule has 0 spiro atoms. The maximum atomic E-state index is 9.05. The van der Waals surface area contributed by atoms with E-state index < -0.39 is 0 Å². The Morgan fingerprint density at radius 2 is 2.35 bits per heavy atom. The van der Waals surface area contributed by atoms with Crippen LogP contribution in [-0.4, -0.2) is 39.7 Å². The van der Waals surface area contributed by atoms with E-state index in [2.05, 4.69) is 25.8 Å². The minimum atomic E-state index is 0.149. The van der Waals surface area contributed by atoms with Gasteiger partial charge in [-0.3, -0.25) is 4.68 Å². The number of nitriles is 1. The van der Waals surface area contributed by atoms with Gasteiger partial charge in [-0.25, -0.2) is 0 Å². The van der Waals surface area contributed by atoms with Gasteiger partial charge in [-0.05, 0) is 25.6 Å². The number of aryl methyl sites for hydroxylation is 1. The van der Waals surface area contributed by atoms with E-state index in [1.807, 2.05) is 33.5 Å². The van der Waals surface area contributed by atoms with Crippen LogP contribution in [0.25, 0.3) is 0 Å². The Morgan fingerprint density at radius 1 is 1.60 bits per heavy atom. The van der Waals surface area contributed by atoms with Crippen molar-refractivity contribution in [3.05, 3.63) is 28.7 Å². The fourth-order valence-corrected chi connectivity index (χ4v) is 2.83. The number of halogens is 1. The molecule has 1 atom stereocenters. The summed E-state index contributed by atoms with van der Waals surface area (Å²) in [5, 5.41) is 17.4. The van der Waals surface area contributed by atoms with Crippen molar-refractivity contribution in [3.8, 4) is 6.07 Å². The molecule has 2 aromatic rings. The topological polar surface area (TPSA) is 69.8 Å². The second-order valence-electron chi connectivity index (χ2n) is 4.60. The van der Waals surface area contributed by atoms with Gasteiger partial charge < -0.3 is 10.2 Å². The second-order valence-corrected chi connectivity index (χ2v) is 5.73. The van der Waals surface area contributed by atoms with E-state index in [0.717, 1.165) is 5.56 Å². The molecule has 0 amide bonds. The lowest BCUT2D eigenvalue weighted by Crippen LogP contribution is -2.26. The molecular formula is C12H15ClN6S. The Morgan fingerprint density at radius 3 is 2.90 bits per heavy atom. The van der Waals surface area contributed by atoms with E-state index in [9.17, 15) is 0 Å². The van der Waals surface area contributed by atoms with E-state index in [0.29, 0.717) is 17.1 Å². The lowest BCUT2D eigenvalue weighted by atomic mass is 10.1. The van der Waals surface area contributed by atoms with Crippen molar-refractivity contribution in [2.45, 2.75) is 6.04 Å². The first kappa shape index (κ1) is 14.8. The molecule has 0 aliphatic rings. The van der Waals surface area contributed by atoms with Crippen LogP contribution < -0.4 is 5.32 Å². The molecule has 0 fully saturated rings. The summed E-state index contributed by atoms with van der Waals surface area (Å²) in [6, 6.07) is 2.21. The average molecular weight is 311 g/mol. The molecule has 2 rings (SSSR count). The van der Waals surface area contributed by atoms with Crippen molar-refractivity contribution in [2.24, 2.45) is 7.05 Å². The van der Waals surface area contributed by atoms with Crippen molar-refractivity contribution >= 4 is 28.1 Å². The van der Waals surface area contributed by atoms with E-state index >= 15 is 0 Å². The highest BCUT2D eigenvalue weighted by atomic mass is 35.5. The van der Waals surface area contributed by atoms with Crippen LogP contribution in [0.3, 0.4) is 0 Å². The third kappa shape index (κ3) is 3.10. The molecule has 0 radical (unpaired) electrons. The van der Waals surface area contributed by atoms with Crippen LogP contribution in [0, 0.1) is 11.3 Å². The van der Waals surface area contributed by atoms with E-state index in [4.69, 9.17) is 16.9 Å². The number of rotatable bonds is 5. The molecular weight excluding hydrogens is 296 g/mol. The molecule has 8 heteroatoms. The summed E-state index contributed by atoms with van der Waals surface area (Å²) in [6.45, 7) is 0.645. The lowest BCUT2D eigenvalue weighted by Gasteiger charge is -2.23. The van der Waals surface area contributed by atoms with Gasteiger partial charge in [-0.15, -0.1) is 0 Å². The Balaban J connectivity index is 2.12. The largest absolute Gasteiger partial charge is 0.373 e. The highest BCUT2D eigenvalue weighted by Crippen LogP contribution is 2.28. The molecule has 0 aromatic carbocycles. The maximum Gasteiger partial charge on any atom is 0.162 e. The van der Waals surface area contributed by atoms with Crippen molar-refractivity contribution < 1.29 is 0 Å². The fourth-order valence-electron chi connectivity index (χ4n) is 1.89. The summed E-state index contributed by atoms with van der Waals surface area (Å²) in [5.74, 6) is 0. The first-order valence-electron chi connectivity index (χ1n) is 5.97. The van der Waals surface area contributed by atoms with Crippen molar-refractivity contribution in [1.29, 1.82) is 5.26 Å². The molecule has 0 saturated heterocycles. The molecule has 0 saturated carbocycles. The zero-order valence-electron chi connectivity index (χ0n) is 11.5. The standard InChI is InChI=1S/C12H15ClN6S/c1-18(2)10(8-5-16-19(3)7-8)6-15-12-9(4-14)11(13)17-20-12/h5,7,10,15H,6H2,1-3H3. The molecule has 6 nitrogen and oxygen atoms in total. The number of hydrogen-bond acceptors (Lipinski definition) is 6. The first-order chi connectivity index (χ1) is 9.52. The molecule has 0 bridgehead atoms. The minimum absolute atomic E-state index is 0.149. The Kier molecular flexibility index (Phi) is 4.60. The van der Waals surface area contributed by atoms with E-state index in [-0.39, 0.29) is 11.2 Å². The molecule has 0 aliphatic heterocycles. The Bertz CT molecular complexity index is 626. The highest BCUT2D eigenvalue weighted by Gasteiger charge is 2.18. The maximum absolute atomic E-state index is 9.05. The number of nitrogens with one attached hydrogen (secondary N) is 1.